The highest BCUT2D eigenvalue weighted by atomic mass is 35.5. The Hall–Kier alpha value is -1.06. The molecule has 0 fully saturated rings. The molecule has 1 heterocycles. The van der Waals surface area contributed by atoms with Crippen molar-refractivity contribution in [3.63, 3.8) is 0 Å². The molecule has 2 N–H and O–H groups in total. The Morgan fingerprint density at radius 1 is 1.50 bits per heavy atom. The first-order chi connectivity index (χ1) is 5.68. The van der Waals surface area contributed by atoms with Gasteiger partial charge >= 0.3 is 0 Å². The Bertz CT molecular complexity index is 351. The highest BCUT2D eigenvalue weighted by molar-refractivity contribution is 6.31. The van der Waals surface area contributed by atoms with Gasteiger partial charge in [0, 0.05) is 5.02 Å². The predicted octanol–water partition coefficient (Wildman–Crippen LogP) is 1.10. The molecule has 12 heavy (non-hydrogen) atoms. The first-order valence-electron chi connectivity index (χ1n) is 3.54. The van der Waals surface area contributed by atoms with E-state index in [9.17, 15) is 4.79 Å². The summed E-state index contributed by atoms with van der Waals surface area (Å²) in [5.41, 5.74) is 1.65. The summed E-state index contributed by atoms with van der Waals surface area (Å²) in [7, 11) is 0. The number of nitrogens with zero attached hydrogens (tertiary/aromatic N) is 1. The second-order valence-corrected chi connectivity index (χ2v) is 3.15. The Labute approximate surface area is 74.7 Å². The molecule has 0 bridgehead atoms. The number of carbonyl (C=O) groups excluding carboxylic acids is 1. The van der Waals surface area contributed by atoms with Crippen molar-refractivity contribution in [1.82, 2.24) is 0 Å². The molecular weight excluding hydrogens is 176 g/mol. The van der Waals surface area contributed by atoms with Crippen molar-refractivity contribution in [3.8, 4) is 0 Å². The maximum atomic E-state index is 11.1. The van der Waals surface area contributed by atoms with Gasteiger partial charge in [0.05, 0.1) is 12.1 Å². The molecule has 0 aromatic heterocycles. The number of carbonyl (C=O) groups is 1. The number of nitrogens with two attached hydrogens (primary N) is 1. The summed E-state index contributed by atoms with van der Waals surface area (Å²) in [6.45, 7) is 0. The molecule has 1 aliphatic rings. The fourth-order valence-electron chi connectivity index (χ4n) is 1.29. The topological polar surface area (TPSA) is 46.3 Å². The fourth-order valence-corrected chi connectivity index (χ4v) is 1.46. The van der Waals surface area contributed by atoms with Crippen molar-refractivity contribution in [3.05, 3.63) is 28.8 Å². The molecule has 1 aliphatic heterocycles. The number of anilines is 1. The number of rotatable bonds is 0. The molecule has 1 aromatic rings. The van der Waals surface area contributed by atoms with Gasteiger partial charge in [-0.15, -0.1) is 0 Å². The molecule has 0 atom stereocenters. The van der Waals surface area contributed by atoms with E-state index in [0.717, 1.165) is 10.6 Å². The normalized spacial score (nSPS) is 15.2. The smallest absolute Gasteiger partial charge is 0.245 e. The van der Waals surface area contributed by atoms with Gasteiger partial charge in [0.2, 0.25) is 5.91 Å². The molecule has 1 amide bonds. The Morgan fingerprint density at radius 2 is 2.25 bits per heavy atom. The van der Waals surface area contributed by atoms with Crippen LogP contribution in [0.1, 0.15) is 5.56 Å². The van der Waals surface area contributed by atoms with E-state index in [4.69, 9.17) is 17.4 Å². The average Bonchev–Trinajstić information content (AvgIpc) is 2.31. The molecule has 0 unspecified atom stereocenters. The van der Waals surface area contributed by atoms with E-state index in [0.29, 0.717) is 17.1 Å². The molecule has 0 radical (unpaired) electrons. The lowest BCUT2D eigenvalue weighted by Crippen LogP contribution is -2.33. The van der Waals surface area contributed by atoms with E-state index < -0.39 is 0 Å². The molecule has 0 saturated heterocycles. The molecule has 4 heteroatoms. The van der Waals surface area contributed by atoms with Crippen molar-refractivity contribution in [1.29, 1.82) is 0 Å². The van der Waals surface area contributed by atoms with Gasteiger partial charge < -0.3 is 0 Å². The van der Waals surface area contributed by atoms with Crippen LogP contribution in [0.25, 0.3) is 0 Å². The Morgan fingerprint density at radius 3 is 3.00 bits per heavy atom. The average molecular weight is 183 g/mol. The second-order valence-electron chi connectivity index (χ2n) is 2.71. The standard InChI is InChI=1S/C8H7ClN2O/c9-6-2-1-5-3-8(12)11(10)7(5)4-6/h1-2,4H,3,10H2. The van der Waals surface area contributed by atoms with Gasteiger partial charge in [-0.2, -0.15) is 0 Å². The number of hydrogen-bond donors (Lipinski definition) is 1. The summed E-state index contributed by atoms with van der Waals surface area (Å²) >= 11 is 5.74. The van der Waals surface area contributed by atoms with E-state index in [1.165, 1.54) is 0 Å². The molecular formula is C8H7ClN2O. The van der Waals surface area contributed by atoms with Crippen molar-refractivity contribution in [2.75, 3.05) is 5.01 Å². The summed E-state index contributed by atoms with van der Waals surface area (Å²) < 4.78 is 0. The van der Waals surface area contributed by atoms with Crippen LogP contribution in [0.3, 0.4) is 0 Å². The summed E-state index contributed by atoms with van der Waals surface area (Å²) in [5, 5.41) is 1.74. The van der Waals surface area contributed by atoms with Crippen LogP contribution in [-0.4, -0.2) is 5.91 Å². The van der Waals surface area contributed by atoms with Crippen molar-refractivity contribution < 1.29 is 4.79 Å². The second kappa shape index (κ2) is 2.47. The summed E-state index contributed by atoms with van der Waals surface area (Å²) in [6, 6.07) is 5.27. The zero-order chi connectivity index (χ0) is 8.72. The van der Waals surface area contributed by atoms with Crippen LogP contribution in [0.4, 0.5) is 5.69 Å². The van der Waals surface area contributed by atoms with Gasteiger partial charge in [-0.25, -0.2) is 10.9 Å². The van der Waals surface area contributed by atoms with Crippen molar-refractivity contribution >= 4 is 23.2 Å². The van der Waals surface area contributed by atoms with Gasteiger partial charge in [0.25, 0.3) is 0 Å². The number of amides is 1. The third-order valence-electron chi connectivity index (χ3n) is 1.92. The molecule has 0 aliphatic carbocycles. The van der Waals surface area contributed by atoms with Crippen molar-refractivity contribution in [2.24, 2.45) is 5.84 Å². The highest BCUT2D eigenvalue weighted by Gasteiger charge is 2.24. The summed E-state index contributed by atoms with van der Waals surface area (Å²) in [5.74, 6) is 5.39. The number of hydrazine groups is 1. The zero-order valence-corrected chi connectivity index (χ0v) is 7.01. The van der Waals surface area contributed by atoms with Gasteiger partial charge in [-0.05, 0) is 17.7 Å². The van der Waals surface area contributed by atoms with E-state index in [-0.39, 0.29) is 5.91 Å². The minimum atomic E-state index is -0.0905. The largest absolute Gasteiger partial charge is 0.273 e. The van der Waals surface area contributed by atoms with Crippen LogP contribution in [0.5, 0.6) is 0 Å². The lowest BCUT2D eigenvalue weighted by molar-refractivity contribution is -0.117. The Balaban J connectivity index is 2.55. The van der Waals surface area contributed by atoms with Crippen molar-refractivity contribution in [2.45, 2.75) is 6.42 Å². The number of benzene rings is 1. The fraction of sp³-hybridized carbons (Fsp3) is 0.125. The van der Waals surface area contributed by atoms with Crippen LogP contribution < -0.4 is 10.9 Å². The monoisotopic (exact) mass is 182 g/mol. The van der Waals surface area contributed by atoms with Crippen LogP contribution >= 0.6 is 11.6 Å². The minimum absolute atomic E-state index is 0.0905. The minimum Gasteiger partial charge on any atom is -0.273 e. The first-order valence-corrected chi connectivity index (χ1v) is 3.92. The molecule has 3 nitrogen and oxygen atoms in total. The third-order valence-corrected chi connectivity index (χ3v) is 2.15. The SMILES string of the molecule is NN1C(=O)Cc2ccc(Cl)cc21. The zero-order valence-electron chi connectivity index (χ0n) is 6.25. The Kier molecular flexibility index (Phi) is 1.56. The lowest BCUT2D eigenvalue weighted by Gasteiger charge is -2.08. The number of halogens is 1. The maximum absolute atomic E-state index is 11.1. The van der Waals surface area contributed by atoms with Crippen LogP contribution in [0.15, 0.2) is 18.2 Å². The van der Waals surface area contributed by atoms with E-state index >= 15 is 0 Å². The van der Waals surface area contributed by atoms with Gasteiger partial charge in [0.15, 0.2) is 0 Å². The van der Waals surface area contributed by atoms with Crippen LogP contribution in [-0.2, 0) is 11.2 Å². The first kappa shape index (κ1) is 7.58. The van der Waals surface area contributed by atoms with Crippen LogP contribution in [0.2, 0.25) is 5.02 Å². The number of fused-ring (bicyclic) bond motifs is 1. The van der Waals surface area contributed by atoms with Gasteiger partial charge in [-0.3, -0.25) is 4.79 Å². The number of hydrogen-bond acceptors (Lipinski definition) is 2. The molecule has 0 saturated carbocycles. The van der Waals surface area contributed by atoms with Gasteiger partial charge in [0.1, 0.15) is 0 Å². The third kappa shape index (κ3) is 0.983. The summed E-state index contributed by atoms with van der Waals surface area (Å²) in [6.07, 6.45) is 0.378. The predicted molar refractivity (Wildman–Crippen MR) is 46.8 cm³/mol. The van der Waals surface area contributed by atoms with E-state index in [1.807, 2.05) is 6.07 Å². The molecule has 1 aromatic carbocycles. The lowest BCUT2D eigenvalue weighted by atomic mass is 10.2. The quantitative estimate of drug-likeness (QED) is 0.483. The molecule has 0 spiro atoms. The van der Waals surface area contributed by atoms with E-state index in [1.54, 1.807) is 12.1 Å². The highest BCUT2D eigenvalue weighted by Crippen LogP contribution is 2.28. The summed E-state index contributed by atoms with van der Waals surface area (Å²) in [4.78, 5) is 11.1. The van der Waals surface area contributed by atoms with Gasteiger partial charge in [-0.1, -0.05) is 17.7 Å². The van der Waals surface area contributed by atoms with E-state index in [2.05, 4.69) is 0 Å². The molecule has 62 valence electrons. The maximum Gasteiger partial charge on any atom is 0.245 e. The molecule has 2 rings (SSSR count). The van der Waals surface area contributed by atoms with Crippen LogP contribution in [0, 0.1) is 0 Å².